The highest BCUT2D eigenvalue weighted by atomic mass is 16.2. The molecule has 2 aromatic heterocycles. The van der Waals surface area contributed by atoms with Crippen LogP contribution in [0.5, 0.6) is 0 Å². The molecule has 2 heterocycles. The maximum atomic E-state index is 13.7. The van der Waals surface area contributed by atoms with E-state index in [4.69, 9.17) is 5.73 Å². The highest BCUT2D eigenvalue weighted by Crippen LogP contribution is 2.40. The molecule has 1 saturated carbocycles. The Bertz CT molecular complexity index is 1240. The van der Waals surface area contributed by atoms with Crippen molar-refractivity contribution in [2.24, 2.45) is 0 Å². The number of nitrogens with zero attached hydrogens (tertiary/aromatic N) is 4. The van der Waals surface area contributed by atoms with Crippen LogP contribution >= 0.6 is 0 Å². The number of nitrogen functional groups attached to an aromatic ring is 1. The third-order valence-corrected chi connectivity index (χ3v) is 5.72. The average Bonchev–Trinajstić information content (AvgIpc) is 3.55. The monoisotopic (exact) mass is 436 g/mol. The molecule has 1 fully saturated rings. The molecule has 0 radical (unpaired) electrons. The van der Waals surface area contributed by atoms with E-state index >= 15 is 0 Å². The van der Waals surface area contributed by atoms with E-state index in [1.165, 1.54) is 9.47 Å². The van der Waals surface area contributed by atoms with Gasteiger partial charge < -0.3 is 5.73 Å². The zero-order valence-corrected chi connectivity index (χ0v) is 18.4. The van der Waals surface area contributed by atoms with Gasteiger partial charge in [-0.05, 0) is 44.4 Å². The summed E-state index contributed by atoms with van der Waals surface area (Å²) in [4.78, 5) is 42.4. The van der Waals surface area contributed by atoms with E-state index < -0.39 is 17.2 Å². The van der Waals surface area contributed by atoms with Gasteiger partial charge >= 0.3 is 5.69 Å². The topological polar surface area (TPSA) is 119 Å². The van der Waals surface area contributed by atoms with Crippen LogP contribution in [0.2, 0.25) is 0 Å². The first-order valence-electron chi connectivity index (χ1n) is 11.1. The van der Waals surface area contributed by atoms with Crippen molar-refractivity contribution >= 4 is 17.4 Å². The van der Waals surface area contributed by atoms with Crippen molar-refractivity contribution in [3.05, 3.63) is 68.6 Å². The summed E-state index contributed by atoms with van der Waals surface area (Å²) >= 11 is 0. The fraction of sp³-hybridized carbons (Fsp3) is 0.391. The molecule has 0 atom stereocenters. The molecule has 0 spiro atoms. The summed E-state index contributed by atoms with van der Waals surface area (Å²) in [6, 6.07) is 11.2. The van der Waals surface area contributed by atoms with Crippen LogP contribution in [0.15, 0.2) is 46.0 Å². The smallest absolute Gasteiger partial charge is 0.330 e. The van der Waals surface area contributed by atoms with Crippen molar-refractivity contribution in [3.63, 3.8) is 0 Å². The van der Waals surface area contributed by atoms with Gasteiger partial charge in [-0.1, -0.05) is 31.5 Å². The van der Waals surface area contributed by atoms with Gasteiger partial charge in [0.05, 0.1) is 11.4 Å². The number of unbranched alkanes of at least 4 members (excludes halogenated alkanes) is 1. The summed E-state index contributed by atoms with van der Waals surface area (Å²) in [5.74, 6) is -0.0461. The summed E-state index contributed by atoms with van der Waals surface area (Å²) in [5.41, 5.74) is 6.97. The summed E-state index contributed by atoms with van der Waals surface area (Å²) in [6.07, 6.45) is 3.68. The Kier molecular flexibility index (Phi) is 5.98. The minimum absolute atomic E-state index is 0.00408. The normalized spacial score (nSPS) is 13.3. The number of anilines is 2. The van der Waals surface area contributed by atoms with Crippen molar-refractivity contribution in [1.29, 1.82) is 0 Å². The highest BCUT2D eigenvalue weighted by Gasteiger charge is 2.32. The second kappa shape index (κ2) is 8.86. The Morgan fingerprint density at radius 1 is 1.22 bits per heavy atom. The molecular weight excluding hydrogens is 408 g/mol. The first-order valence-corrected chi connectivity index (χ1v) is 11.1. The van der Waals surface area contributed by atoms with E-state index in [1.54, 1.807) is 17.7 Å². The van der Waals surface area contributed by atoms with Gasteiger partial charge in [0.25, 0.3) is 11.5 Å². The number of aromatic amines is 1. The van der Waals surface area contributed by atoms with Crippen molar-refractivity contribution in [2.75, 3.05) is 17.2 Å². The number of nitrogens with one attached hydrogen (secondary N) is 1. The molecule has 1 aliphatic rings. The van der Waals surface area contributed by atoms with Gasteiger partial charge in [0.15, 0.2) is 5.69 Å². The van der Waals surface area contributed by atoms with Crippen molar-refractivity contribution < 1.29 is 4.79 Å². The van der Waals surface area contributed by atoms with E-state index in [0.717, 1.165) is 37.1 Å². The van der Waals surface area contributed by atoms with Crippen molar-refractivity contribution in [1.82, 2.24) is 19.3 Å². The number of para-hydroxylation sites is 1. The molecule has 0 aliphatic heterocycles. The molecule has 4 rings (SSSR count). The number of amides is 1. The highest BCUT2D eigenvalue weighted by molar-refractivity contribution is 6.06. The second-order valence-corrected chi connectivity index (χ2v) is 8.02. The van der Waals surface area contributed by atoms with E-state index in [1.807, 2.05) is 37.3 Å². The minimum atomic E-state index is -0.677. The van der Waals surface area contributed by atoms with Crippen LogP contribution in [0.3, 0.4) is 0 Å². The van der Waals surface area contributed by atoms with Crippen LogP contribution in [0.25, 0.3) is 5.69 Å². The summed E-state index contributed by atoms with van der Waals surface area (Å²) in [7, 11) is 0. The zero-order chi connectivity index (χ0) is 22.8. The van der Waals surface area contributed by atoms with Gasteiger partial charge in [-0.3, -0.25) is 24.0 Å². The maximum Gasteiger partial charge on any atom is 0.330 e. The molecule has 1 aliphatic carbocycles. The van der Waals surface area contributed by atoms with Crippen LogP contribution < -0.4 is 21.9 Å². The first-order chi connectivity index (χ1) is 15.5. The lowest BCUT2D eigenvalue weighted by molar-refractivity contribution is 0.0980. The summed E-state index contributed by atoms with van der Waals surface area (Å²) < 4.78 is 2.94. The minimum Gasteiger partial charge on any atom is -0.383 e. The lowest BCUT2D eigenvalue weighted by Gasteiger charge is -2.23. The molecule has 3 aromatic rings. The molecule has 0 unspecified atom stereocenters. The predicted octanol–water partition coefficient (Wildman–Crippen LogP) is 2.65. The van der Waals surface area contributed by atoms with Gasteiger partial charge in [0.2, 0.25) is 0 Å². The summed E-state index contributed by atoms with van der Waals surface area (Å²) in [6.45, 7) is 4.34. The van der Waals surface area contributed by atoms with Gasteiger partial charge in [0, 0.05) is 19.0 Å². The van der Waals surface area contributed by atoms with E-state index in [2.05, 4.69) is 10.1 Å². The Labute approximate surface area is 185 Å². The fourth-order valence-electron chi connectivity index (χ4n) is 3.81. The molecule has 32 heavy (non-hydrogen) atoms. The van der Waals surface area contributed by atoms with Gasteiger partial charge in [-0.2, -0.15) is 5.10 Å². The Morgan fingerprint density at radius 2 is 1.94 bits per heavy atom. The summed E-state index contributed by atoms with van der Waals surface area (Å²) in [5, 5.41) is 4.69. The standard InChI is InChI=1S/C23H28N6O3/c1-3-5-13-28-20(24)19(21(30)25-23(28)32)27(4-2)22(31)18-14-17(15-11-12-15)26-29(18)16-9-7-6-8-10-16/h6-10,14-15H,3-5,11-13,24H2,1-2H3,(H,25,30,32). The van der Waals surface area contributed by atoms with Crippen LogP contribution in [-0.2, 0) is 6.54 Å². The van der Waals surface area contributed by atoms with Crippen LogP contribution in [0.4, 0.5) is 11.5 Å². The largest absolute Gasteiger partial charge is 0.383 e. The zero-order valence-electron chi connectivity index (χ0n) is 18.4. The molecule has 9 nitrogen and oxygen atoms in total. The molecule has 168 valence electrons. The number of benzene rings is 1. The average molecular weight is 437 g/mol. The fourth-order valence-corrected chi connectivity index (χ4v) is 3.81. The number of aromatic nitrogens is 4. The molecule has 0 bridgehead atoms. The molecule has 9 heteroatoms. The van der Waals surface area contributed by atoms with E-state index in [0.29, 0.717) is 18.2 Å². The molecule has 3 N–H and O–H groups in total. The quantitative estimate of drug-likeness (QED) is 0.563. The lowest BCUT2D eigenvalue weighted by atomic mass is 10.2. The number of H-pyrrole nitrogens is 1. The van der Waals surface area contributed by atoms with E-state index in [9.17, 15) is 14.4 Å². The Hall–Kier alpha value is -3.62. The van der Waals surface area contributed by atoms with Crippen LogP contribution in [0, 0.1) is 0 Å². The number of hydrogen-bond acceptors (Lipinski definition) is 5. The number of hydrogen-bond donors (Lipinski definition) is 2. The van der Waals surface area contributed by atoms with Crippen LogP contribution in [0.1, 0.15) is 61.6 Å². The molecule has 0 saturated heterocycles. The first kappa shape index (κ1) is 21.6. The molecule has 1 amide bonds. The molecular formula is C23H28N6O3. The Balaban J connectivity index is 1.81. The van der Waals surface area contributed by atoms with Crippen LogP contribution in [-0.4, -0.2) is 31.8 Å². The second-order valence-electron chi connectivity index (χ2n) is 8.02. The number of carbonyl (C=O) groups excluding carboxylic acids is 1. The number of carbonyl (C=O) groups is 1. The maximum absolute atomic E-state index is 13.7. The van der Waals surface area contributed by atoms with Crippen molar-refractivity contribution in [2.45, 2.75) is 52.0 Å². The Morgan fingerprint density at radius 3 is 2.56 bits per heavy atom. The van der Waals surface area contributed by atoms with Crippen molar-refractivity contribution in [3.8, 4) is 5.69 Å². The predicted molar refractivity (Wildman–Crippen MR) is 124 cm³/mol. The SMILES string of the molecule is CCCCn1c(N)c(N(CC)C(=O)c2cc(C3CC3)nn2-c2ccccc2)c(=O)[nH]c1=O. The lowest BCUT2D eigenvalue weighted by Crippen LogP contribution is -2.41. The van der Waals surface area contributed by atoms with Gasteiger partial charge in [0.1, 0.15) is 11.5 Å². The molecule has 1 aromatic carbocycles. The number of rotatable bonds is 8. The third-order valence-electron chi connectivity index (χ3n) is 5.72. The van der Waals surface area contributed by atoms with Gasteiger partial charge in [-0.25, -0.2) is 9.48 Å². The number of nitrogens with two attached hydrogens (primary N) is 1. The third kappa shape index (κ3) is 3.98. The van der Waals surface area contributed by atoms with E-state index in [-0.39, 0.29) is 18.1 Å². The van der Waals surface area contributed by atoms with Gasteiger partial charge in [-0.15, -0.1) is 0 Å².